The predicted octanol–water partition coefficient (Wildman–Crippen LogP) is 4.73. The van der Waals surface area contributed by atoms with Gasteiger partial charge in [-0.05, 0) is 49.2 Å². The Balaban J connectivity index is 1.76. The van der Waals surface area contributed by atoms with Crippen molar-refractivity contribution in [3.05, 3.63) is 58.1 Å². The van der Waals surface area contributed by atoms with Crippen LogP contribution in [0.4, 0.5) is 5.69 Å². The van der Waals surface area contributed by atoms with Crippen molar-refractivity contribution in [1.29, 1.82) is 0 Å². The van der Waals surface area contributed by atoms with E-state index in [-0.39, 0.29) is 11.8 Å². The van der Waals surface area contributed by atoms with Gasteiger partial charge in [-0.15, -0.1) is 0 Å². The standard InChI is InChI=1S/C21H23BrN2O3/c1-27-19-10-9-16(22)14-18(19)20(25)23-17-8-6-7-15(13-17)21(26)24-11-4-2-3-5-12-24/h6-10,13-14H,2-5,11-12H2,1H3,(H,23,25). The molecule has 1 saturated heterocycles. The van der Waals surface area contributed by atoms with Crippen LogP contribution in [-0.4, -0.2) is 36.9 Å². The van der Waals surface area contributed by atoms with Crippen LogP contribution in [0, 0.1) is 0 Å². The number of halogens is 1. The van der Waals surface area contributed by atoms with Crippen LogP contribution in [0.25, 0.3) is 0 Å². The number of hydrogen-bond acceptors (Lipinski definition) is 3. The van der Waals surface area contributed by atoms with Crippen LogP contribution in [-0.2, 0) is 0 Å². The van der Waals surface area contributed by atoms with Crippen molar-refractivity contribution < 1.29 is 14.3 Å². The van der Waals surface area contributed by atoms with Gasteiger partial charge in [-0.25, -0.2) is 0 Å². The second-order valence-corrected chi connectivity index (χ2v) is 7.50. The summed E-state index contributed by atoms with van der Waals surface area (Å²) in [5, 5.41) is 2.86. The average Bonchev–Trinajstić information content (AvgIpc) is 2.97. The highest BCUT2D eigenvalue weighted by Gasteiger charge is 2.18. The van der Waals surface area contributed by atoms with Crippen LogP contribution in [0.2, 0.25) is 0 Å². The van der Waals surface area contributed by atoms with Gasteiger partial charge in [-0.3, -0.25) is 9.59 Å². The molecule has 0 saturated carbocycles. The topological polar surface area (TPSA) is 58.6 Å². The van der Waals surface area contributed by atoms with E-state index < -0.39 is 0 Å². The van der Waals surface area contributed by atoms with E-state index in [9.17, 15) is 9.59 Å². The van der Waals surface area contributed by atoms with E-state index in [1.807, 2.05) is 11.0 Å². The molecule has 1 fully saturated rings. The van der Waals surface area contributed by atoms with Gasteiger partial charge in [0.05, 0.1) is 12.7 Å². The van der Waals surface area contributed by atoms with Crippen molar-refractivity contribution in [2.75, 3.05) is 25.5 Å². The molecule has 1 heterocycles. The zero-order chi connectivity index (χ0) is 19.2. The largest absolute Gasteiger partial charge is 0.496 e. The highest BCUT2D eigenvalue weighted by atomic mass is 79.9. The summed E-state index contributed by atoms with van der Waals surface area (Å²) in [4.78, 5) is 27.4. The Labute approximate surface area is 167 Å². The Morgan fingerprint density at radius 2 is 1.78 bits per heavy atom. The van der Waals surface area contributed by atoms with E-state index >= 15 is 0 Å². The lowest BCUT2D eigenvalue weighted by atomic mass is 10.1. The number of carbonyl (C=O) groups excluding carboxylic acids is 2. The number of nitrogens with zero attached hydrogens (tertiary/aromatic N) is 1. The van der Waals surface area contributed by atoms with E-state index in [0.29, 0.717) is 22.6 Å². The van der Waals surface area contributed by atoms with E-state index in [2.05, 4.69) is 21.2 Å². The Kier molecular flexibility index (Phi) is 6.50. The molecule has 0 unspecified atom stereocenters. The summed E-state index contributed by atoms with van der Waals surface area (Å²) in [6.45, 7) is 1.59. The van der Waals surface area contributed by atoms with Crippen LogP contribution in [0.15, 0.2) is 46.9 Å². The second-order valence-electron chi connectivity index (χ2n) is 6.59. The number of carbonyl (C=O) groups is 2. The summed E-state index contributed by atoms with van der Waals surface area (Å²) in [6, 6.07) is 12.4. The van der Waals surface area contributed by atoms with Gasteiger partial charge in [-0.1, -0.05) is 34.8 Å². The number of likely N-dealkylation sites (tertiary alicyclic amines) is 1. The second kappa shape index (κ2) is 9.04. The number of benzene rings is 2. The molecule has 1 N–H and O–H groups in total. The Morgan fingerprint density at radius 1 is 1.04 bits per heavy atom. The first kappa shape index (κ1) is 19.4. The van der Waals surface area contributed by atoms with E-state index in [1.165, 1.54) is 20.0 Å². The fourth-order valence-corrected chi connectivity index (χ4v) is 3.60. The molecule has 0 atom stereocenters. The molecule has 0 bridgehead atoms. The van der Waals surface area contributed by atoms with E-state index in [0.717, 1.165) is 30.4 Å². The molecule has 0 spiro atoms. The van der Waals surface area contributed by atoms with Crippen molar-refractivity contribution >= 4 is 33.4 Å². The van der Waals surface area contributed by atoms with Gasteiger partial charge >= 0.3 is 0 Å². The molecule has 1 aliphatic rings. The maximum atomic E-state index is 12.8. The minimum atomic E-state index is -0.285. The van der Waals surface area contributed by atoms with Gasteiger partial charge in [0.15, 0.2) is 0 Å². The first-order valence-corrected chi connectivity index (χ1v) is 9.92. The van der Waals surface area contributed by atoms with Crippen LogP contribution < -0.4 is 10.1 Å². The lowest BCUT2D eigenvalue weighted by molar-refractivity contribution is 0.0761. The van der Waals surface area contributed by atoms with Crippen molar-refractivity contribution in [1.82, 2.24) is 4.90 Å². The zero-order valence-corrected chi connectivity index (χ0v) is 16.9. The van der Waals surface area contributed by atoms with Gasteiger partial charge in [0.25, 0.3) is 11.8 Å². The molecule has 1 aliphatic heterocycles. The van der Waals surface area contributed by atoms with Gasteiger partial charge in [0.2, 0.25) is 0 Å². The maximum Gasteiger partial charge on any atom is 0.259 e. The SMILES string of the molecule is COc1ccc(Br)cc1C(=O)Nc1cccc(C(=O)N2CCCCCC2)c1. The summed E-state index contributed by atoms with van der Waals surface area (Å²) in [7, 11) is 1.53. The van der Waals surface area contributed by atoms with Crippen molar-refractivity contribution in [2.45, 2.75) is 25.7 Å². The average molecular weight is 431 g/mol. The zero-order valence-electron chi connectivity index (χ0n) is 15.3. The summed E-state index contributed by atoms with van der Waals surface area (Å²) >= 11 is 3.37. The monoisotopic (exact) mass is 430 g/mol. The van der Waals surface area contributed by atoms with Gasteiger partial charge < -0.3 is 15.0 Å². The fourth-order valence-electron chi connectivity index (χ4n) is 3.24. The molecular formula is C21H23BrN2O3. The van der Waals surface area contributed by atoms with Gasteiger partial charge in [-0.2, -0.15) is 0 Å². The van der Waals surface area contributed by atoms with Crippen molar-refractivity contribution in [3.63, 3.8) is 0 Å². The van der Waals surface area contributed by atoms with Crippen molar-refractivity contribution in [2.24, 2.45) is 0 Å². The lowest BCUT2D eigenvalue weighted by Gasteiger charge is -2.20. The predicted molar refractivity (Wildman–Crippen MR) is 109 cm³/mol. The molecule has 0 radical (unpaired) electrons. The Bertz CT molecular complexity index is 830. The molecule has 2 amide bonds. The number of nitrogens with one attached hydrogen (secondary N) is 1. The van der Waals surface area contributed by atoms with Gasteiger partial charge in [0.1, 0.15) is 5.75 Å². The Hall–Kier alpha value is -2.34. The number of hydrogen-bond donors (Lipinski definition) is 1. The maximum absolute atomic E-state index is 12.8. The molecule has 27 heavy (non-hydrogen) atoms. The highest BCUT2D eigenvalue weighted by molar-refractivity contribution is 9.10. The molecule has 0 aliphatic carbocycles. The third kappa shape index (κ3) is 4.89. The Morgan fingerprint density at radius 3 is 2.48 bits per heavy atom. The smallest absolute Gasteiger partial charge is 0.259 e. The van der Waals surface area contributed by atoms with E-state index in [4.69, 9.17) is 4.74 Å². The van der Waals surface area contributed by atoms with Gasteiger partial charge in [0, 0.05) is 28.8 Å². The number of ether oxygens (including phenoxy) is 1. The van der Waals surface area contributed by atoms with Crippen LogP contribution in [0.5, 0.6) is 5.75 Å². The highest BCUT2D eigenvalue weighted by Crippen LogP contribution is 2.24. The lowest BCUT2D eigenvalue weighted by Crippen LogP contribution is -2.31. The molecule has 142 valence electrons. The number of amides is 2. The summed E-state index contributed by atoms with van der Waals surface area (Å²) in [5.41, 5.74) is 1.61. The molecule has 2 aromatic rings. The minimum absolute atomic E-state index is 0.0213. The summed E-state index contributed by atoms with van der Waals surface area (Å²) in [5.74, 6) is 0.230. The third-order valence-electron chi connectivity index (χ3n) is 4.67. The van der Waals surface area contributed by atoms with Crippen LogP contribution in [0.1, 0.15) is 46.4 Å². The molecule has 2 aromatic carbocycles. The molecular weight excluding hydrogens is 408 g/mol. The number of anilines is 1. The third-order valence-corrected chi connectivity index (χ3v) is 5.16. The summed E-state index contributed by atoms with van der Waals surface area (Å²) < 4.78 is 6.06. The number of methoxy groups -OCH3 is 1. The quantitative estimate of drug-likeness (QED) is 0.762. The van der Waals surface area contributed by atoms with Crippen LogP contribution in [0.3, 0.4) is 0 Å². The minimum Gasteiger partial charge on any atom is -0.496 e. The normalized spacial score (nSPS) is 14.4. The first-order valence-electron chi connectivity index (χ1n) is 9.13. The summed E-state index contributed by atoms with van der Waals surface area (Å²) in [6.07, 6.45) is 4.44. The van der Waals surface area contributed by atoms with E-state index in [1.54, 1.807) is 36.4 Å². The first-order chi connectivity index (χ1) is 13.1. The molecule has 3 rings (SSSR count). The van der Waals surface area contributed by atoms with Crippen molar-refractivity contribution in [3.8, 4) is 5.75 Å². The molecule has 0 aromatic heterocycles. The molecule has 5 nitrogen and oxygen atoms in total. The molecule has 6 heteroatoms. The number of rotatable bonds is 4. The fraction of sp³-hybridized carbons (Fsp3) is 0.333. The van der Waals surface area contributed by atoms with Crippen LogP contribution >= 0.6 is 15.9 Å².